The highest BCUT2D eigenvalue weighted by Crippen LogP contribution is 2.29. The van der Waals surface area contributed by atoms with Gasteiger partial charge in [-0.3, -0.25) is 0 Å². The van der Waals surface area contributed by atoms with Crippen LogP contribution in [-0.2, 0) is 9.47 Å². The zero-order chi connectivity index (χ0) is 16.1. The van der Waals surface area contributed by atoms with Gasteiger partial charge in [-0.15, -0.1) is 0 Å². The van der Waals surface area contributed by atoms with Gasteiger partial charge in [0.2, 0.25) is 0 Å². The summed E-state index contributed by atoms with van der Waals surface area (Å²) >= 11 is 3.58. The Morgan fingerprint density at radius 3 is 2.29 bits per heavy atom. The van der Waals surface area contributed by atoms with Gasteiger partial charge in [-0.2, -0.15) is 0 Å². The molecule has 1 fully saturated rings. The first-order valence-corrected chi connectivity index (χ1v) is 8.97. The number of ether oxygens (including phenoxy) is 2. The van der Waals surface area contributed by atoms with E-state index in [2.05, 4.69) is 29.8 Å². The van der Waals surface area contributed by atoms with Gasteiger partial charge in [-0.05, 0) is 46.0 Å². The van der Waals surface area contributed by atoms with E-state index in [-0.39, 0.29) is 11.7 Å². The normalized spacial score (nSPS) is 18.9. The lowest BCUT2D eigenvalue weighted by Crippen LogP contribution is -2.50. The van der Waals surface area contributed by atoms with Gasteiger partial charge in [0.15, 0.2) is 0 Å². The predicted octanol–water partition coefficient (Wildman–Crippen LogP) is 4.21. The molecule has 124 valence electrons. The maximum Gasteiger partial charge on any atom is 0.410 e. The molecule has 0 spiro atoms. The second-order valence-corrected chi connectivity index (χ2v) is 7.88. The lowest BCUT2D eigenvalue weighted by Gasteiger charge is -2.41. The number of carbonyl (C=O) groups is 1. The molecule has 21 heavy (non-hydrogen) atoms. The molecule has 0 radical (unpaired) electrons. The summed E-state index contributed by atoms with van der Waals surface area (Å²) in [7, 11) is 0. The van der Waals surface area contributed by atoms with Gasteiger partial charge in [0.25, 0.3) is 0 Å². The Bertz CT molecular complexity index is 331. The van der Waals surface area contributed by atoms with Crippen LogP contribution in [0.2, 0.25) is 0 Å². The molecule has 4 nitrogen and oxygen atoms in total. The highest BCUT2D eigenvalue weighted by Gasteiger charge is 2.37. The van der Waals surface area contributed by atoms with E-state index in [0.29, 0.717) is 19.0 Å². The third-order valence-electron chi connectivity index (χ3n) is 3.67. The number of hydrogen-bond donors (Lipinski definition) is 0. The highest BCUT2D eigenvalue weighted by molar-refractivity contribution is 9.09. The summed E-state index contributed by atoms with van der Waals surface area (Å²) in [6, 6.07) is 0. The number of amides is 1. The topological polar surface area (TPSA) is 38.8 Å². The number of rotatable bonds is 5. The number of alkyl halides is 1. The summed E-state index contributed by atoms with van der Waals surface area (Å²) in [4.78, 5) is 13.9. The Morgan fingerprint density at radius 1 is 1.29 bits per heavy atom. The molecule has 0 aromatic rings. The lowest BCUT2D eigenvalue weighted by molar-refractivity contribution is -0.0711. The van der Waals surface area contributed by atoms with E-state index in [1.165, 1.54) is 0 Å². The maximum atomic E-state index is 12.1. The summed E-state index contributed by atoms with van der Waals surface area (Å²) < 4.78 is 11.6. The van der Waals surface area contributed by atoms with E-state index < -0.39 is 5.60 Å². The van der Waals surface area contributed by atoms with Crippen LogP contribution in [0.1, 0.15) is 53.9 Å². The molecule has 0 saturated carbocycles. The lowest BCUT2D eigenvalue weighted by atomic mass is 9.93. The van der Waals surface area contributed by atoms with Crippen molar-refractivity contribution in [3.63, 3.8) is 0 Å². The van der Waals surface area contributed by atoms with E-state index in [1.807, 2.05) is 20.8 Å². The third kappa shape index (κ3) is 6.55. The van der Waals surface area contributed by atoms with Gasteiger partial charge < -0.3 is 14.4 Å². The summed E-state index contributed by atoms with van der Waals surface area (Å²) in [6.45, 7) is 12.3. The van der Waals surface area contributed by atoms with Gasteiger partial charge in [0.1, 0.15) is 5.60 Å². The quantitative estimate of drug-likeness (QED) is 0.686. The molecular weight excluding hydrogens is 334 g/mol. The SMILES string of the molecule is CC(C)CCOC1(CBr)CCN(C(=O)OC(C)(C)C)CC1. The van der Waals surface area contributed by atoms with Crippen LogP contribution in [-0.4, -0.2) is 47.2 Å². The van der Waals surface area contributed by atoms with Crippen LogP contribution < -0.4 is 0 Å². The molecule has 1 rings (SSSR count). The van der Waals surface area contributed by atoms with Crippen molar-refractivity contribution in [1.82, 2.24) is 4.90 Å². The van der Waals surface area contributed by atoms with Crippen LogP contribution in [0.5, 0.6) is 0 Å². The van der Waals surface area contributed by atoms with Crippen LogP contribution in [0, 0.1) is 5.92 Å². The minimum Gasteiger partial charge on any atom is -0.444 e. The molecule has 1 heterocycles. The van der Waals surface area contributed by atoms with Crippen molar-refractivity contribution in [3.8, 4) is 0 Å². The fraction of sp³-hybridized carbons (Fsp3) is 0.938. The summed E-state index contributed by atoms with van der Waals surface area (Å²) in [6.07, 6.45) is 2.57. The molecule has 0 aromatic heterocycles. The number of piperidine rings is 1. The van der Waals surface area contributed by atoms with Crippen LogP contribution in [0.3, 0.4) is 0 Å². The van der Waals surface area contributed by atoms with Crippen molar-refractivity contribution < 1.29 is 14.3 Å². The van der Waals surface area contributed by atoms with E-state index >= 15 is 0 Å². The fourth-order valence-corrected chi connectivity index (χ4v) is 2.97. The van der Waals surface area contributed by atoms with Crippen molar-refractivity contribution in [1.29, 1.82) is 0 Å². The highest BCUT2D eigenvalue weighted by atomic mass is 79.9. The van der Waals surface area contributed by atoms with Gasteiger partial charge >= 0.3 is 6.09 Å². The van der Waals surface area contributed by atoms with Crippen molar-refractivity contribution >= 4 is 22.0 Å². The molecule has 1 aliphatic rings. The number of hydrogen-bond acceptors (Lipinski definition) is 3. The third-order valence-corrected chi connectivity index (χ3v) is 4.70. The van der Waals surface area contributed by atoms with Crippen molar-refractivity contribution in [2.24, 2.45) is 5.92 Å². The zero-order valence-corrected chi connectivity index (χ0v) is 15.7. The monoisotopic (exact) mass is 363 g/mol. The minimum atomic E-state index is -0.436. The van der Waals surface area contributed by atoms with Crippen LogP contribution in [0.15, 0.2) is 0 Å². The second-order valence-electron chi connectivity index (χ2n) is 7.32. The average Bonchev–Trinajstić information content (AvgIpc) is 2.37. The van der Waals surface area contributed by atoms with Crippen molar-refractivity contribution in [2.75, 3.05) is 25.0 Å². The predicted molar refractivity (Wildman–Crippen MR) is 89.0 cm³/mol. The molecule has 0 aliphatic carbocycles. The summed E-state index contributed by atoms with van der Waals surface area (Å²) in [5, 5.41) is 0.820. The smallest absolute Gasteiger partial charge is 0.410 e. The maximum absolute atomic E-state index is 12.1. The molecule has 0 bridgehead atoms. The van der Waals surface area contributed by atoms with E-state index in [4.69, 9.17) is 9.47 Å². The molecule has 5 heteroatoms. The Morgan fingerprint density at radius 2 is 1.86 bits per heavy atom. The first kappa shape index (κ1) is 18.8. The van der Waals surface area contributed by atoms with Crippen LogP contribution in [0.25, 0.3) is 0 Å². The first-order valence-electron chi connectivity index (χ1n) is 7.85. The number of likely N-dealkylation sites (tertiary alicyclic amines) is 1. The fourth-order valence-electron chi connectivity index (χ4n) is 2.25. The van der Waals surface area contributed by atoms with Gasteiger partial charge in [0.05, 0.1) is 5.60 Å². The molecule has 0 unspecified atom stereocenters. The second kappa shape index (κ2) is 7.82. The van der Waals surface area contributed by atoms with Gasteiger partial charge in [0, 0.05) is 25.0 Å². The zero-order valence-electron chi connectivity index (χ0n) is 14.1. The minimum absolute atomic E-state index is 0.132. The van der Waals surface area contributed by atoms with E-state index in [0.717, 1.165) is 31.2 Å². The molecule has 1 saturated heterocycles. The van der Waals surface area contributed by atoms with Crippen LogP contribution in [0.4, 0.5) is 4.79 Å². The average molecular weight is 364 g/mol. The molecular formula is C16H30BrNO3. The molecule has 0 aromatic carbocycles. The number of carbonyl (C=O) groups excluding carboxylic acids is 1. The van der Waals surface area contributed by atoms with E-state index in [1.54, 1.807) is 4.90 Å². The summed E-state index contributed by atoms with van der Waals surface area (Å²) in [5.74, 6) is 0.652. The Hall–Kier alpha value is -0.290. The largest absolute Gasteiger partial charge is 0.444 e. The van der Waals surface area contributed by atoms with E-state index in [9.17, 15) is 4.79 Å². The van der Waals surface area contributed by atoms with Crippen molar-refractivity contribution in [3.05, 3.63) is 0 Å². The molecule has 0 N–H and O–H groups in total. The van der Waals surface area contributed by atoms with Crippen molar-refractivity contribution in [2.45, 2.75) is 65.1 Å². The van der Waals surface area contributed by atoms with Gasteiger partial charge in [-0.25, -0.2) is 4.79 Å². The standard InChI is InChI=1S/C16H30BrNO3/c1-13(2)6-11-20-16(12-17)7-9-18(10-8-16)14(19)21-15(3,4)5/h13H,6-12H2,1-5H3. The molecule has 0 atom stereocenters. The molecule has 1 amide bonds. The Labute approximate surface area is 137 Å². The Balaban J connectivity index is 2.46. The van der Waals surface area contributed by atoms with Crippen LogP contribution >= 0.6 is 15.9 Å². The van der Waals surface area contributed by atoms with Gasteiger partial charge in [-0.1, -0.05) is 29.8 Å². The first-order chi connectivity index (χ1) is 9.67. The number of nitrogens with zero attached hydrogens (tertiary/aromatic N) is 1. The number of halogens is 1. The molecule has 1 aliphatic heterocycles. The Kier molecular flexibility index (Phi) is 6.98. The summed E-state index contributed by atoms with van der Waals surface area (Å²) in [5.41, 5.74) is -0.567.